The third kappa shape index (κ3) is 2.98. The molecular weight excluding hydrogens is 332 g/mol. The van der Waals surface area contributed by atoms with E-state index in [4.69, 9.17) is 13.6 Å². The van der Waals surface area contributed by atoms with Crippen molar-refractivity contribution in [3.63, 3.8) is 0 Å². The average molecular weight is 354 g/mol. The molecule has 0 unspecified atom stereocenters. The van der Waals surface area contributed by atoms with Crippen molar-refractivity contribution in [2.24, 2.45) is 0 Å². The zero-order chi connectivity index (χ0) is 18.3. The van der Waals surface area contributed by atoms with E-state index in [0.717, 1.165) is 24.0 Å². The van der Waals surface area contributed by atoms with Crippen LogP contribution in [0.15, 0.2) is 37.9 Å². The molecule has 1 aliphatic rings. The molecule has 2 heterocycles. The van der Waals surface area contributed by atoms with Crippen LogP contribution in [0, 0.1) is 13.8 Å². The molecule has 0 atom stereocenters. The van der Waals surface area contributed by atoms with Crippen molar-refractivity contribution >= 4 is 11.0 Å². The number of hydrogen-bond acceptors (Lipinski definition) is 5. The van der Waals surface area contributed by atoms with Crippen molar-refractivity contribution < 1.29 is 18.7 Å². The van der Waals surface area contributed by atoms with E-state index in [0.29, 0.717) is 16.9 Å². The van der Waals surface area contributed by atoms with Crippen molar-refractivity contribution in [1.29, 1.82) is 0 Å². The standard InChI is InChI=1S/C21H22O5/c1-12-19(22)13(2)21(23)26-20(12)18-10-14-8-9-16(11-17(14)25-18)24-15-6-4-3-5-7-15/h8-11,15,22H,3-7H2,1-2H3. The third-order valence-electron chi connectivity index (χ3n) is 5.12. The van der Waals surface area contributed by atoms with Gasteiger partial charge in [-0.2, -0.15) is 0 Å². The second-order valence-corrected chi connectivity index (χ2v) is 7.01. The number of aromatic hydroxyl groups is 1. The van der Waals surface area contributed by atoms with E-state index >= 15 is 0 Å². The maximum absolute atomic E-state index is 11.9. The zero-order valence-electron chi connectivity index (χ0n) is 15.0. The lowest BCUT2D eigenvalue weighted by Crippen LogP contribution is -2.19. The number of ether oxygens (including phenoxy) is 1. The minimum absolute atomic E-state index is 0.0574. The first kappa shape index (κ1) is 16.8. The van der Waals surface area contributed by atoms with Gasteiger partial charge in [-0.1, -0.05) is 6.42 Å². The molecule has 0 bridgehead atoms. The number of fused-ring (bicyclic) bond motifs is 1. The van der Waals surface area contributed by atoms with E-state index in [2.05, 4.69) is 0 Å². The molecule has 26 heavy (non-hydrogen) atoms. The van der Waals surface area contributed by atoms with Gasteiger partial charge in [0, 0.05) is 17.0 Å². The molecular formula is C21H22O5. The zero-order valence-corrected chi connectivity index (χ0v) is 15.0. The Balaban J connectivity index is 1.69. The van der Waals surface area contributed by atoms with Gasteiger partial charge in [0.25, 0.3) is 0 Å². The fourth-order valence-corrected chi connectivity index (χ4v) is 3.54. The molecule has 1 fully saturated rings. The molecule has 0 amide bonds. The predicted molar refractivity (Wildman–Crippen MR) is 98.8 cm³/mol. The lowest BCUT2D eigenvalue weighted by molar-refractivity contribution is 0.155. The maximum Gasteiger partial charge on any atom is 0.343 e. The summed E-state index contributed by atoms with van der Waals surface area (Å²) in [5.74, 6) is 1.40. The molecule has 0 saturated heterocycles. The van der Waals surface area contributed by atoms with Gasteiger partial charge in [-0.25, -0.2) is 4.79 Å². The normalized spacial score (nSPS) is 15.5. The third-order valence-corrected chi connectivity index (χ3v) is 5.12. The summed E-state index contributed by atoms with van der Waals surface area (Å²) in [6, 6.07) is 7.54. The summed E-state index contributed by atoms with van der Waals surface area (Å²) >= 11 is 0. The fraction of sp³-hybridized carbons (Fsp3) is 0.381. The van der Waals surface area contributed by atoms with Gasteiger partial charge in [0.2, 0.25) is 0 Å². The van der Waals surface area contributed by atoms with Crippen LogP contribution in [-0.4, -0.2) is 11.2 Å². The van der Waals surface area contributed by atoms with Crippen molar-refractivity contribution in [2.45, 2.75) is 52.1 Å². The highest BCUT2D eigenvalue weighted by atomic mass is 16.5. The number of rotatable bonds is 3. The number of furan rings is 1. The summed E-state index contributed by atoms with van der Waals surface area (Å²) in [6.45, 7) is 3.23. The Kier molecular flexibility index (Phi) is 4.23. The molecule has 5 heteroatoms. The molecule has 5 nitrogen and oxygen atoms in total. The minimum Gasteiger partial charge on any atom is -0.507 e. The first-order chi connectivity index (χ1) is 12.5. The van der Waals surface area contributed by atoms with E-state index in [-0.39, 0.29) is 23.2 Å². The molecule has 0 aliphatic heterocycles. The Hall–Kier alpha value is -2.69. The van der Waals surface area contributed by atoms with E-state index in [9.17, 15) is 9.90 Å². The van der Waals surface area contributed by atoms with Crippen molar-refractivity contribution in [2.75, 3.05) is 0 Å². The monoisotopic (exact) mass is 354 g/mol. The maximum atomic E-state index is 11.9. The highest BCUT2D eigenvalue weighted by Crippen LogP contribution is 2.35. The molecule has 1 aliphatic carbocycles. The molecule has 136 valence electrons. The van der Waals surface area contributed by atoms with Crippen LogP contribution in [-0.2, 0) is 0 Å². The van der Waals surface area contributed by atoms with Crippen molar-refractivity contribution in [3.8, 4) is 23.0 Å². The van der Waals surface area contributed by atoms with Gasteiger partial charge in [0.15, 0.2) is 11.5 Å². The second-order valence-electron chi connectivity index (χ2n) is 7.01. The summed E-state index contributed by atoms with van der Waals surface area (Å²) in [6.07, 6.45) is 6.17. The summed E-state index contributed by atoms with van der Waals surface area (Å²) < 4.78 is 17.3. The summed E-state index contributed by atoms with van der Waals surface area (Å²) in [7, 11) is 0. The van der Waals surface area contributed by atoms with E-state index in [1.165, 1.54) is 26.2 Å². The van der Waals surface area contributed by atoms with Crippen LogP contribution in [0.1, 0.15) is 43.2 Å². The number of hydrogen-bond donors (Lipinski definition) is 1. The first-order valence-electron chi connectivity index (χ1n) is 9.07. The Morgan fingerprint density at radius 1 is 1.04 bits per heavy atom. The molecule has 1 saturated carbocycles. The van der Waals surface area contributed by atoms with Crippen LogP contribution in [0.3, 0.4) is 0 Å². The highest BCUT2D eigenvalue weighted by Gasteiger charge is 2.19. The van der Waals surface area contributed by atoms with Crippen molar-refractivity contribution in [3.05, 3.63) is 45.8 Å². The Bertz CT molecular complexity index is 1010. The van der Waals surface area contributed by atoms with Gasteiger partial charge in [-0.3, -0.25) is 0 Å². The van der Waals surface area contributed by atoms with Crippen LogP contribution in [0.4, 0.5) is 0 Å². The van der Waals surface area contributed by atoms with Crippen LogP contribution >= 0.6 is 0 Å². The smallest absolute Gasteiger partial charge is 0.343 e. The predicted octanol–water partition coefficient (Wildman–Crippen LogP) is 5.09. The van der Waals surface area contributed by atoms with Gasteiger partial charge in [-0.05, 0) is 57.7 Å². The van der Waals surface area contributed by atoms with Gasteiger partial charge in [-0.15, -0.1) is 0 Å². The van der Waals surface area contributed by atoms with Gasteiger partial charge in [0.1, 0.15) is 17.1 Å². The molecule has 1 aromatic carbocycles. The Morgan fingerprint density at radius 3 is 2.58 bits per heavy atom. The van der Waals surface area contributed by atoms with E-state index < -0.39 is 5.63 Å². The molecule has 4 rings (SSSR count). The Morgan fingerprint density at radius 2 is 1.81 bits per heavy atom. The second kappa shape index (κ2) is 6.56. The lowest BCUT2D eigenvalue weighted by Gasteiger charge is -2.22. The largest absolute Gasteiger partial charge is 0.507 e. The van der Waals surface area contributed by atoms with Gasteiger partial charge < -0.3 is 18.7 Å². The molecule has 2 aromatic heterocycles. The SMILES string of the molecule is Cc1c(-c2cc3ccc(OC4CCCCC4)cc3o2)oc(=O)c(C)c1O. The quantitative estimate of drug-likeness (QED) is 0.709. The van der Waals surface area contributed by atoms with Crippen molar-refractivity contribution in [1.82, 2.24) is 0 Å². The summed E-state index contributed by atoms with van der Waals surface area (Å²) in [5, 5.41) is 11.0. The van der Waals surface area contributed by atoms with Gasteiger partial charge >= 0.3 is 5.63 Å². The van der Waals surface area contributed by atoms with Crippen LogP contribution in [0.5, 0.6) is 11.5 Å². The van der Waals surface area contributed by atoms with Crippen LogP contribution in [0.25, 0.3) is 22.5 Å². The van der Waals surface area contributed by atoms with Gasteiger partial charge in [0.05, 0.1) is 11.7 Å². The Labute approximate surface area is 151 Å². The summed E-state index contributed by atoms with van der Waals surface area (Å²) in [4.78, 5) is 11.9. The molecule has 0 radical (unpaired) electrons. The minimum atomic E-state index is -0.565. The topological polar surface area (TPSA) is 72.8 Å². The summed E-state index contributed by atoms with van der Waals surface area (Å²) in [5.41, 5.74) is 0.783. The van der Waals surface area contributed by atoms with E-state index in [1.807, 2.05) is 18.2 Å². The average Bonchev–Trinajstić information content (AvgIpc) is 3.07. The lowest BCUT2D eigenvalue weighted by atomic mass is 9.98. The van der Waals surface area contributed by atoms with Crippen LogP contribution < -0.4 is 10.4 Å². The molecule has 0 spiro atoms. The molecule has 1 N–H and O–H groups in total. The van der Waals surface area contributed by atoms with Crippen LogP contribution in [0.2, 0.25) is 0 Å². The fourth-order valence-electron chi connectivity index (χ4n) is 3.54. The van der Waals surface area contributed by atoms with E-state index in [1.54, 1.807) is 13.0 Å². The molecule has 3 aromatic rings. The first-order valence-corrected chi connectivity index (χ1v) is 9.07. The highest BCUT2D eigenvalue weighted by molar-refractivity contribution is 5.83. The number of benzene rings is 1.